The van der Waals surface area contributed by atoms with E-state index in [1.807, 2.05) is 0 Å². The Kier molecular flexibility index (Phi) is 6.80. The van der Waals surface area contributed by atoms with E-state index in [0.29, 0.717) is 30.6 Å². The molecular formula is C30H48O6. The third-order valence-corrected chi connectivity index (χ3v) is 11.9. The van der Waals surface area contributed by atoms with Crippen molar-refractivity contribution in [3.63, 3.8) is 0 Å². The standard InChI is InChI=1S/C30H48O6/c1-17(2)8-7-9-18(3)21-10-11-22-24-23(13-14-28(21,22)5)29-15-12-20(36-27(32)34-6)16-30(29,33)26(31)25(24)35-19(29)4/h17-25,33H,7-16H2,1-6H3/t18-,19-,20+,21-,22+,23+,24+,25-,28-,29+,30+/m1/s1. The summed E-state index contributed by atoms with van der Waals surface area (Å²) in [5, 5.41) is 12.1. The second kappa shape index (κ2) is 9.25. The van der Waals surface area contributed by atoms with Gasteiger partial charge in [0, 0.05) is 11.8 Å². The molecular weight excluding hydrogens is 456 g/mol. The molecule has 0 amide bonds. The van der Waals surface area contributed by atoms with Crippen molar-refractivity contribution in [3.8, 4) is 0 Å². The summed E-state index contributed by atoms with van der Waals surface area (Å²) >= 11 is 0. The monoisotopic (exact) mass is 504 g/mol. The van der Waals surface area contributed by atoms with Crippen LogP contribution in [0.5, 0.6) is 0 Å². The van der Waals surface area contributed by atoms with Gasteiger partial charge < -0.3 is 19.3 Å². The molecule has 2 heterocycles. The number of aliphatic hydroxyl groups is 1. The van der Waals surface area contributed by atoms with Gasteiger partial charge in [-0.3, -0.25) is 4.79 Å². The summed E-state index contributed by atoms with van der Waals surface area (Å²) in [4.78, 5) is 25.8. The zero-order chi connectivity index (χ0) is 26.0. The average molecular weight is 505 g/mol. The molecule has 204 valence electrons. The SMILES string of the molecule is COC(=O)O[C@H]1CC[C@@]23[C@@H](C)O[C@@H](C(=O)[C@@]2(O)C1)[C@H]1[C@@H]2CC[C@H]([C@H](C)CCCC(C)C)[C@@]2(C)CC[C@@H]13. The molecule has 1 spiro atoms. The lowest BCUT2D eigenvalue weighted by Crippen LogP contribution is -2.80. The van der Waals surface area contributed by atoms with E-state index in [9.17, 15) is 14.7 Å². The summed E-state index contributed by atoms with van der Waals surface area (Å²) in [5.74, 6) is 2.95. The van der Waals surface area contributed by atoms with E-state index in [-0.39, 0.29) is 35.6 Å². The number of carbonyl (C=O) groups excluding carboxylic acids is 2. The first-order chi connectivity index (χ1) is 17.0. The number of Topliss-reactive ketones (excluding diaryl/α,β-unsaturated/α-hetero) is 1. The third kappa shape index (κ3) is 3.63. The first-order valence-electron chi connectivity index (χ1n) is 14.7. The fraction of sp³-hybridized carbons (Fsp3) is 0.933. The Balaban J connectivity index is 1.40. The van der Waals surface area contributed by atoms with E-state index in [0.717, 1.165) is 12.3 Å². The molecule has 1 N–H and O–H groups in total. The smallest absolute Gasteiger partial charge is 0.438 e. The van der Waals surface area contributed by atoms with Crippen molar-refractivity contribution in [2.24, 2.45) is 46.3 Å². The lowest BCUT2D eigenvalue weighted by molar-refractivity contribution is -0.319. The van der Waals surface area contributed by atoms with Crippen LogP contribution >= 0.6 is 0 Å². The first-order valence-corrected chi connectivity index (χ1v) is 14.7. The highest BCUT2D eigenvalue weighted by Gasteiger charge is 2.77. The van der Waals surface area contributed by atoms with Gasteiger partial charge in [0.15, 0.2) is 5.78 Å². The molecule has 2 bridgehead atoms. The number of hydrogen-bond acceptors (Lipinski definition) is 6. The molecule has 6 rings (SSSR count). The van der Waals surface area contributed by atoms with Crippen molar-refractivity contribution in [1.82, 2.24) is 0 Å². The molecule has 11 atom stereocenters. The van der Waals surface area contributed by atoms with Gasteiger partial charge in [-0.05, 0) is 86.4 Å². The lowest BCUT2D eigenvalue weighted by Gasteiger charge is -2.70. The van der Waals surface area contributed by atoms with Crippen molar-refractivity contribution in [2.75, 3.05) is 7.11 Å². The van der Waals surface area contributed by atoms with Gasteiger partial charge in [0.1, 0.15) is 17.8 Å². The van der Waals surface area contributed by atoms with Crippen molar-refractivity contribution in [1.29, 1.82) is 0 Å². The molecule has 4 saturated carbocycles. The summed E-state index contributed by atoms with van der Waals surface area (Å²) < 4.78 is 16.7. The van der Waals surface area contributed by atoms with Crippen LogP contribution in [0.25, 0.3) is 0 Å². The number of methoxy groups -OCH3 is 1. The van der Waals surface area contributed by atoms with Gasteiger partial charge in [-0.15, -0.1) is 0 Å². The van der Waals surface area contributed by atoms with Crippen LogP contribution in [0.4, 0.5) is 4.79 Å². The molecule has 6 nitrogen and oxygen atoms in total. The number of hydrogen-bond donors (Lipinski definition) is 1. The maximum Gasteiger partial charge on any atom is 0.508 e. The molecule has 6 fully saturated rings. The number of carbonyl (C=O) groups is 2. The fourth-order valence-corrected chi connectivity index (χ4v) is 10.3. The molecule has 6 aliphatic rings. The number of fused-ring (bicyclic) bond motifs is 2. The summed E-state index contributed by atoms with van der Waals surface area (Å²) in [6.07, 6.45) is 7.98. The van der Waals surface area contributed by atoms with E-state index < -0.39 is 29.4 Å². The van der Waals surface area contributed by atoms with E-state index in [1.165, 1.54) is 45.6 Å². The van der Waals surface area contributed by atoms with Crippen LogP contribution in [0, 0.1) is 46.3 Å². The summed E-state index contributed by atoms with van der Waals surface area (Å²) in [6, 6.07) is 0. The van der Waals surface area contributed by atoms with Crippen LogP contribution in [-0.4, -0.2) is 48.1 Å². The quantitative estimate of drug-likeness (QED) is 0.452. The third-order valence-electron chi connectivity index (χ3n) is 11.9. The maximum atomic E-state index is 14.0. The topological polar surface area (TPSA) is 82.1 Å². The molecule has 2 aliphatic heterocycles. The molecule has 6 heteroatoms. The van der Waals surface area contributed by atoms with Crippen LogP contribution in [0.3, 0.4) is 0 Å². The van der Waals surface area contributed by atoms with Gasteiger partial charge >= 0.3 is 6.16 Å². The van der Waals surface area contributed by atoms with Crippen LogP contribution in [-0.2, 0) is 19.0 Å². The zero-order valence-electron chi connectivity index (χ0n) is 23.3. The van der Waals surface area contributed by atoms with Gasteiger partial charge in [-0.1, -0.05) is 47.0 Å². The molecule has 0 unspecified atom stereocenters. The van der Waals surface area contributed by atoms with E-state index in [2.05, 4.69) is 39.4 Å². The van der Waals surface area contributed by atoms with Crippen LogP contribution in [0.2, 0.25) is 0 Å². The normalized spacial score (nSPS) is 48.2. The largest absolute Gasteiger partial charge is 0.508 e. The minimum Gasteiger partial charge on any atom is -0.438 e. The summed E-state index contributed by atoms with van der Waals surface area (Å²) in [7, 11) is 1.29. The van der Waals surface area contributed by atoms with Crippen molar-refractivity contribution in [3.05, 3.63) is 0 Å². The second-order valence-corrected chi connectivity index (χ2v) is 13.7. The molecule has 0 aromatic carbocycles. The number of ketones is 1. The Morgan fingerprint density at radius 1 is 1.11 bits per heavy atom. The minimum atomic E-state index is -1.50. The van der Waals surface area contributed by atoms with E-state index in [1.54, 1.807) is 0 Å². The Morgan fingerprint density at radius 2 is 1.86 bits per heavy atom. The fourth-order valence-electron chi connectivity index (χ4n) is 10.3. The highest BCUT2D eigenvalue weighted by molar-refractivity contribution is 5.95. The highest BCUT2D eigenvalue weighted by Crippen LogP contribution is 2.72. The van der Waals surface area contributed by atoms with Crippen molar-refractivity contribution >= 4 is 11.9 Å². The van der Waals surface area contributed by atoms with Gasteiger partial charge in [0.25, 0.3) is 0 Å². The zero-order valence-corrected chi connectivity index (χ0v) is 23.3. The predicted molar refractivity (Wildman–Crippen MR) is 136 cm³/mol. The Bertz CT molecular complexity index is 872. The van der Waals surface area contributed by atoms with Gasteiger partial charge in [0.2, 0.25) is 0 Å². The Labute approximate surface area is 217 Å². The molecule has 36 heavy (non-hydrogen) atoms. The van der Waals surface area contributed by atoms with Crippen LogP contribution < -0.4 is 0 Å². The number of rotatable bonds is 6. The summed E-state index contributed by atoms with van der Waals surface area (Å²) in [6.45, 7) is 11.6. The van der Waals surface area contributed by atoms with Crippen LogP contribution in [0.1, 0.15) is 98.8 Å². The second-order valence-electron chi connectivity index (χ2n) is 13.7. The van der Waals surface area contributed by atoms with Crippen molar-refractivity contribution < 1.29 is 28.9 Å². The van der Waals surface area contributed by atoms with Crippen LogP contribution in [0.15, 0.2) is 0 Å². The first kappa shape index (κ1) is 26.5. The van der Waals surface area contributed by atoms with E-state index in [4.69, 9.17) is 9.47 Å². The Hall–Kier alpha value is -1.14. The molecule has 0 aromatic heterocycles. The Morgan fingerprint density at radius 3 is 2.56 bits per heavy atom. The van der Waals surface area contributed by atoms with E-state index >= 15 is 0 Å². The van der Waals surface area contributed by atoms with Crippen molar-refractivity contribution in [2.45, 2.75) is 123 Å². The van der Waals surface area contributed by atoms with Gasteiger partial charge in [0.05, 0.1) is 13.2 Å². The minimum absolute atomic E-state index is 0.155. The summed E-state index contributed by atoms with van der Waals surface area (Å²) in [5.41, 5.74) is -1.85. The highest BCUT2D eigenvalue weighted by atomic mass is 16.7. The molecule has 0 radical (unpaired) electrons. The predicted octanol–water partition coefficient (Wildman–Crippen LogP) is 5.93. The van der Waals surface area contributed by atoms with Gasteiger partial charge in [-0.25, -0.2) is 4.79 Å². The molecule has 2 saturated heterocycles. The van der Waals surface area contributed by atoms with Gasteiger partial charge in [-0.2, -0.15) is 0 Å². The number of ether oxygens (including phenoxy) is 3. The lowest BCUT2D eigenvalue weighted by atomic mass is 9.39. The average Bonchev–Trinajstić information content (AvgIpc) is 3.18. The maximum absolute atomic E-state index is 14.0. The molecule has 0 aromatic rings. The molecule has 4 aliphatic carbocycles.